The van der Waals surface area contributed by atoms with Crippen molar-refractivity contribution in [2.45, 2.75) is 20.3 Å². The van der Waals surface area contributed by atoms with Gasteiger partial charge in [-0.25, -0.2) is 0 Å². The second-order valence-corrected chi connectivity index (χ2v) is 3.82. The Morgan fingerprint density at radius 1 is 1.36 bits per heavy atom. The van der Waals surface area contributed by atoms with Gasteiger partial charge in [0.2, 0.25) is 0 Å². The highest BCUT2D eigenvalue weighted by molar-refractivity contribution is 5.77. The molecule has 0 N–H and O–H groups in total. The fraction of sp³-hybridized carbons (Fsp3) is 0.385. The Balaban J connectivity index is 3.28. The molecule has 0 heterocycles. The van der Waals surface area contributed by atoms with E-state index in [4.69, 9.17) is 0 Å². The molecule has 1 heteroatoms. The van der Waals surface area contributed by atoms with Gasteiger partial charge in [0.1, 0.15) is 0 Å². The van der Waals surface area contributed by atoms with E-state index in [9.17, 15) is 0 Å². The summed E-state index contributed by atoms with van der Waals surface area (Å²) >= 11 is 0. The van der Waals surface area contributed by atoms with Gasteiger partial charge in [0.05, 0.1) is 0 Å². The number of allylic oxidation sites excluding steroid dienone is 1. The number of hydrogen-bond acceptors (Lipinski definition) is 1. The Bertz CT molecular complexity index is 337. The number of hydrogen-bond donors (Lipinski definition) is 0. The highest BCUT2D eigenvalue weighted by Gasteiger charge is 2.08. The maximum Gasteiger partial charge on any atom is 0.0466 e. The van der Waals surface area contributed by atoms with Crippen molar-refractivity contribution in [2.75, 3.05) is 19.0 Å². The van der Waals surface area contributed by atoms with Crippen LogP contribution in [0.4, 0.5) is 5.69 Å². The first-order valence-electron chi connectivity index (χ1n) is 5.03. The van der Waals surface area contributed by atoms with Crippen LogP contribution in [0, 0.1) is 6.92 Å². The van der Waals surface area contributed by atoms with Gasteiger partial charge in [-0.2, -0.15) is 0 Å². The van der Waals surface area contributed by atoms with Gasteiger partial charge in [0, 0.05) is 25.3 Å². The SMILES string of the molecule is C=C(CC)c1cccc(C)c1N(C)C. The summed E-state index contributed by atoms with van der Waals surface area (Å²) in [5.74, 6) is 0. The number of nitrogens with zero attached hydrogens (tertiary/aromatic N) is 1. The third kappa shape index (κ3) is 1.98. The molecule has 0 saturated heterocycles. The van der Waals surface area contributed by atoms with Gasteiger partial charge in [-0.3, -0.25) is 0 Å². The third-order valence-corrected chi connectivity index (χ3v) is 2.49. The molecule has 14 heavy (non-hydrogen) atoms. The van der Waals surface area contributed by atoms with E-state index in [-0.39, 0.29) is 0 Å². The van der Waals surface area contributed by atoms with E-state index in [1.165, 1.54) is 22.4 Å². The molecule has 0 fully saturated rings. The minimum Gasteiger partial charge on any atom is -0.377 e. The fourth-order valence-corrected chi connectivity index (χ4v) is 1.73. The number of para-hydroxylation sites is 1. The van der Waals surface area contributed by atoms with Gasteiger partial charge in [-0.1, -0.05) is 31.7 Å². The van der Waals surface area contributed by atoms with E-state index in [1.807, 2.05) is 0 Å². The van der Waals surface area contributed by atoms with E-state index in [0.717, 1.165) is 6.42 Å². The van der Waals surface area contributed by atoms with Crippen molar-refractivity contribution >= 4 is 11.3 Å². The molecule has 0 aliphatic rings. The summed E-state index contributed by atoms with van der Waals surface area (Å²) in [7, 11) is 4.16. The number of aryl methyl sites for hydroxylation is 1. The molecule has 1 aromatic rings. The van der Waals surface area contributed by atoms with Gasteiger partial charge in [-0.15, -0.1) is 0 Å². The summed E-state index contributed by atoms with van der Waals surface area (Å²) in [6.45, 7) is 8.38. The molecule has 0 atom stereocenters. The fourth-order valence-electron chi connectivity index (χ4n) is 1.73. The first-order chi connectivity index (χ1) is 6.57. The smallest absolute Gasteiger partial charge is 0.0466 e. The molecule has 0 amide bonds. The lowest BCUT2D eigenvalue weighted by atomic mass is 9.99. The van der Waals surface area contributed by atoms with Crippen LogP contribution in [0.3, 0.4) is 0 Å². The Morgan fingerprint density at radius 3 is 2.50 bits per heavy atom. The Kier molecular flexibility index (Phi) is 3.34. The van der Waals surface area contributed by atoms with Gasteiger partial charge in [0.25, 0.3) is 0 Å². The molecule has 0 spiro atoms. The average molecular weight is 189 g/mol. The predicted octanol–water partition coefficient (Wildman–Crippen LogP) is 3.48. The third-order valence-electron chi connectivity index (χ3n) is 2.49. The van der Waals surface area contributed by atoms with E-state index >= 15 is 0 Å². The first kappa shape index (κ1) is 10.8. The summed E-state index contributed by atoms with van der Waals surface area (Å²) in [5.41, 5.74) is 5.08. The minimum atomic E-state index is 1.00. The Morgan fingerprint density at radius 2 is 2.00 bits per heavy atom. The number of benzene rings is 1. The highest BCUT2D eigenvalue weighted by atomic mass is 15.1. The maximum atomic E-state index is 4.10. The van der Waals surface area contributed by atoms with E-state index in [1.54, 1.807) is 0 Å². The van der Waals surface area contributed by atoms with Crippen molar-refractivity contribution in [3.63, 3.8) is 0 Å². The molecule has 0 aliphatic carbocycles. The van der Waals surface area contributed by atoms with Crippen molar-refractivity contribution in [3.8, 4) is 0 Å². The van der Waals surface area contributed by atoms with Crippen molar-refractivity contribution in [1.82, 2.24) is 0 Å². The summed E-state index contributed by atoms with van der Waals surface area (Å²) in [6, 6.07) is 6.38. The van der Waals surface area contributed by atoms with Gasteiger partial charge < -0.3 is 4.90 Å². The molecule has 1 rings (SSSR count). The first-order valence-corrected chi connectivity index (χ1v) is 5.03. The lowest BCUT2D eigenvalue weighted by Crippen LogP contribution is -2.12. The van der Waals surface area contributed by atoms with Gasteiger partial charge >= 0.3 is 0 Å². The largest absolute Gasteiger partial charge is 0.377 e. The summed E-state index contributed by atoms with van der Waals surface area (Å²) < 4.78 is 0. The minimum absolute atomic E-state index is 1.00. The molecule has 0 radical (unpaired) electrons. The van der Waals surface area contributed by atoms with Gasteiger partial charge in [0.15, 0.2) is 0 Å². The molecular formula is C13H19N. The van der Waals surface area contributed by atoms with Crippen molar-refractivity contribution in [2.24, 2.45) is 0 Å². The molecule has 0 aromatic heterocycles. The van der Waals surface area contributed by atoms with E-state index in [2.05, 4.69) is 57.6 Å². The predicted molar refractivity (Wildman–Crippen MR) is 64.8 cm³/mol. The molecular weight excluding hydrogens is 170 g/mol. The maximum absolute atomic E-state index is 4.10. The highest BCUT2D eigenvalue weighted by Crippen LogP contribution is 2.29. The van der Waals surface area contributed by atoms with Crippen LogP contribution < -0.4 is 4.90 Å². The Hall–Kier alpha value is -1.24. The van der Waals surface area contributed by atoms with Crippen molar-refractivity contribution < 1.29 is 0 Å². The monoisotopic (exact) mass is 189 g/mol. The molecule has 0 saturated carbocycles. The van der Waals surface area contributed by atoms with E-state index < -0.39 is 0 Å². The lowest BCUT2D eigenvalue weighted by molar-refractivity contribution is 1.10. The van der Waals surface area contributed by atoms with Crippen LogP contribution in [-0.2, 0) is 0 Å². The molecule has 76 valence electrons. The van der Waals surface area contributed by atoms with E-state index in [0.29, 0.717) is 0 Å². The summed E-state index contributed by atoms with van der Waals surface area (Å²) in [4.78, 5) is 2.16. The molecule has 0 bridgehead atoms. The van der Waals surface area contributed by atoms with Crippen molar-refractivity contribution in [1.29, 1.82) is 0 Å². The zero-order valence-electron chi connectivity index (χ0n) is 9.59. The summed E-state index contributed by atoms with van der Waals surface area (Å²) in [6.07, 6.45) is 1.00. The van der Waals surface area contributed by atoms with Crippen molar-refractivity contribution in [3.05, 3.63) is 35.9 Å². The standard InChI is InChI=1S/C13H19N/c1-6-10(2)12-9-7-8-11(3)13(12)14(4)5/h7-9H,2,6H2,1,3-5H3. The molecule has 0 unspecified atom stereocenters. The van der Waals surface area contributed by atoms with Crippen LogP contribution in [0.15, 0.2) is 24.8 Å². The normalized spacial score (nSPS) is 10.0. The van der Waals surface area contributed by atoms with Crippen LogP contribution in [0.1, 0.15) is 24.5 Å². The summed E-state index contributed by atoms with van der Waals surface area (Å²) in [5, 5.41) is 0. The molecule has 0 aliphatic heterocycles. The lowest BCUT2D eigenvalue weighted by Gasteiger charge is -2.20. The average Bonchev–Trinajstić information content (AvgIpc) is 2.15. The zero-order valence-corrected chi connectivity index (χ0v) is 9.59. The Labute approximate surface area is 87.1 Å². The zero-order chi connectivity index (χ0) is 10.7. The number of anilines is 1. The quantitative estimate of drug-likeness (QED) is 0.703. The number of rotatable bonds is 3. The second kappa shape index (κ2) is 4.32. The second-order valence-electron chi connectivity index (χ2n) is 3.82. The van der Waals surface area contributed by atoms with Crippen LogP contribution in [0.5, 0.6) is 0 Å². The van der Waals surface area contributed by atoms with Crippen LogP contribution in [0.2, 0.25) is 0 Å². The van der Waals surface area contributed by atoms with Crippen LogP contribution in [-0.4, -0.2) is 14.1 Å². The topological polar surface area (TPSA) is 3.24 Å². The molecule has 1 nitrogen and oxygen atoms in total. The van der Waals surface area contributed by atoms with Gasteiger partial charge in [-0.05, 0) is 24.5 Å². The van der Waals surface area contributed by atoms with Crippen LogP contribution >= 0.6 is 0 Å². The molecule has 1 aromatic carbocycles. The van der Waals surface area contributed by atoms with Crippen LogP contribution in [0.25, 0.3) is 5.57 Å².